The standard InChI is InChI=1S/C15H20F3NO/c1-11(14-8-5-9-20-14)19-13(10-15(16,17)18)12-6-3-2-4-7-12/h2-4,6-7,11,13-14,19H,5,8-10H2,1H3. The van der Waals surface area contributed by atoms with Gasteiger partial charge in [0.05, 0.1) is 12.5 Å². The lowest BCUT2D eigenvalue weighted by molar-refractivity contribution is -0.141. The molecule has 5 heteroatoms. The van der Waals surface area contributed by atoms with Crippen LogP contribution in [0.4, 0.5) is 13.2 Å². The molecule has 1 aliphatic heterocycles. The molecule has 3 unspecified atom stereocenters. The monoisotopic (exact) mass is 287 g/mol. The lowest BCUT2D eigenvalue weighted by atomic mass is 10.0. The van der Waals surface area contributed by atoms with Crippen LogP contribution in [-0.4, -0.2) is 24.9 Å². The zero-order chi connectivity index (χ0) is 14.6. The smallest absolute Gasteiger partial charge is 0.377 e. The maximum atomic E-state index is 12.7. The predicted octanol–water partition coefficient (Wildman–Crippen LogP) is 3.84. The Balaban J connectivity index is 2.06. The van der Waals surface area contributed by atoms with Gasteiger partial charge in [-0.2, -0.15) is 13.2 Å². The minimum atomic E-state index is -4.19. The first kappa shape index (κ1) is 15.3. The molecule has 0 saturated carbocycles. The van der Waals surface area contributed by atoms with Gasteiger partial charge in [0.25, 0.3) is 0 Å². The minimum Gasteiger partial charge on any atom is -0.377 e. The molecule has 112 valence electrons. The fourth-order valence-electron chi connectivity index (χ4n) is 2.61. The van der Waals surface area contributed by atoms with E-state index in [1.807, 2.05) is 6.92 Å². The zero-order valence-electron chi connectivity index (χ0n) is 11.5. The van der Waals surface area contributed by atoms with Crippen molar-refractivity contribution in [2.45, 2.75) is 50.6 Å². The summed E-state index contributed by atoms with van der Waals surface area (Å²) in [5.41, 5.74) is 0.662. The Morgan fingerprint density at radius 2 is 2.00 bits per heavy atom. The van der Waals surface area contributed by atoms with Crippen molar-refractivity contribution in [2.75, 3.05) is 6.61 Å². The summed E-state index contributed by atoms with van der Waals surface area (Å²) < 4.78 is 43.8. The molecule has 20 heavy (non-hydrogen) atoms. The van der Waals surface area contributed by atoms with Crippen LogP contribution in [0.25, 0.3) is 0 Å². The molecule has 1 saturated heterocycles. The fourth-order valence-corrected chi connectivity index (χ4v) is 2.61. The van der Waals surface area contributed by atoms with Gasteiger partial charge in [0.2, 0.25) is 0 Å². The van der Waals surface area contributed by atoms with E-state index < -0.39 is 18.6 Å². The van der Waals surface area contributed by atoms with E-state index in [9.17, 15) is 13.2 Å². The number of benzene rings is 1. The van der Waals surface area contributed by atoms with E-state index >= 15 is 0 Å². The van der Waals surface area contributed by atoms with E-state index in [1.54, 1.807) is 30.3 Å². The average Bonchev–Trinajstić information content (AvgIpc) is 2.91. The second-order valence-corrected chi connectivity index (χ2v) is 5.29. The van der Waals surface area contributed by atoms with Crippen molar-refractivity contribution in [3.8, 4) is 0 Å². The molecule has 1 heterocycles. The van der Waals surface area contributed by atoms with E-state index in [0.717, 1.165) is 12.8 Å². The quantitative estimate of drug-likeness (QED) is 0.888. The van der Waals surface area contributed by atoms with Gasteiger partial charge in [-0.15, -0.1) is 0 Å². The molecule has 1 aromatic rings. The van der Waals surface area contributed by atoms with Crippen LogP contribution in [0.5, 0.6) is 0 Å². The summed E-state index contributed by atoms with van der Waals surface area (Å²) in [4.78, 5) is 0. The van der Waals surface area contributed by atoms with E-state index in [4.69, 9.17) is 4.74 Å². The number of alkyl halides is 3. The highest BCUT2D eigenvalue weighted by molar-refractivity contribution is 5.19. The number of rotatable bonds is 5. The Kier molecular flexibility index (Phi) is 5.05. The second kappa shape index (κ2) is 6.59. The number of nitrogens with one attached hydrogen (secondary N) is 1. The van der Waals surface area contributed by atoms with Crippen molar-refractivity contribution in [1.29, 1.82) is 0 Å². The van der Waals surface area contributed by atoms with Gasteiger partial charge in [-0.25, -0.2) is 0 Å². The molecular formula is C15H20F3NO. The van der Waals surface area contributed by atoms with Gasteiger partial charge in [0, 0.05) is 18.7 Å². The highest BCUT2D eigenvalue weighted by Gasteiger charge is 2.34. The molecule has 1 fully saturated rings. The lowest BCUT2D eigenvalue weighted by Crippen LogP contribution is -2.40. The topological polar surface area (TPSA) is 21.3 Å². The third-order valence-corrected chi connectivity index (χ3v) is 3.62. The summed E-state index contributed by atoms with van der Waals surface area (Å²) in [5.74, 6) is 0. The van der Waals surface area contributed by atoms with Crippen molar-refractivity contribution in [3.63, 3.8) is 0 Å². The van der Waals surface area contributed by atoms with Crippen molar-refractivity contribution in [2.24, 2.45) is 0 Å². The first-order valence-electron chi connectivity index (χ1n) is 6.95. The predicted molar refractivity (Wildman–Crippen MR) is 71.4 cm³/mol. The Labute approximate surface area is 117 Å². The van der Waals surface area contributed by atoms with Gasteiger partial charge < -0.3 is 10.1 Å². The van der Waals surface area contributed by atoms with Crippen molar-refractivity contribution in [1.82, 2.24) is 5.32 Å². The van der Waals surface area contributed by atoms with Gasteiger partial charge in [-0.1, -0.05) is 30.3 Å². The Hall–Kier alpha value is -1.07. The van der Waals surface area contributed by atoms with E-state index in [0.29, 0.717) is 12.2 Å². The minimum absolute atomic E-state index is 0.00875. The van der Waals surface area contributed by atoms with E-state index in [1.165, 1.54) is 0 Å². The summed E-state index contributed by atoms with van der Waals surface area (Å²) in [6.45, 7) is 2.59. The number of hydrogen-bond acceptors (Lipinski definition) is 2. The van der Waals surface area contributed by atoms with Crippen molar-refractivity contribution >= 4 is 0 Å². The number of ether oxygens (including phenoxy) is 1. The summed E-state index contributed by atoms with van der Waals surface area (Å²) in [6, 6.07) is 7.96. The van der Waals surface area contributed by atoms with E-state index in [-0.39, 0.29) is 12.1 Å². The molecule has 1 aromatic carbocycles. The van der Waals surface area contributed by atoms with Crippen LogP contribution in [-0.2, 0) is 4.74 Å². The molecular weight excluding hydrogens is 267 g/mol. The summed E-state index contributed by atoms with van der Waals surface area (Å²) in [6.07, 6.45) is -3.17. The van der Waals surface area contributed by atoms with Crippen LogP contribution >= 0.6 is 0 Å². The maximum Gasteiger partial charge on any atom is 0.390 e. The first-order chi connectivity index (χ1) is 9.46. The Bertz CT molecular complexity index is 401. The fraction of sp³-hybridized carbons (Fsp3) is 0.600. The van der Waals surface area contributed by atoms with Gasteiger partial charge >= 0.3 is 6.18 Å². The lowest BCUT2D eigenvalue weighted by Gasteiger charge is -2.27. The SMILES string of the molecule is CC(NC(CC(F)(F)F)c1ccccc1)C1CCCO1. The highest BCUT2D eigenvalue weighted by atomic mass is 19.4. The summed E-state index contributed by atoms with van der Waals surface area (Å²) in [7, 11) is 0. The van der Waals surface area contributed by atoms with Crippen molar-refractivity contribution < 1.29 is 17.9 Å². The van der Waals surface area contributed by atoms with Crippen LogP contribution in [0.2, 0.25) is 0 Å². The van der Waals surface area contributed by atoms with Gasteiger partial charge in [-0.3, -0.25) is 0 Å². The van der Waals surface area contributed by atoms with E-state index in [2.05, 4.69) is 5.32 Å². The first-order valence-corrected chi connectivity index (χ1v) is 6.95. The third kappa shape index (κ3) is 4.49. The number of halogens is 3. The Morgan fingerprint density at radius 3 is 2.55 bits per heavy atom. The van der Waals surface area contributed by atoms with Crippen LogP contribution in [0.15, 0.2) is 30.3 Å². The summed E-state index contributed by atoms with van der Waals surface area (Å²) in [5, 5.41) is 3.09. The largest absolute Gasteiger partial charge is 0.390 e. The molecule has 3 atom stereocenters. The number of hydrogen-bond donors (Lipinski definition) is 1. The molecule has 0 aromatic heterocycles. The molecule has 1 aliphatic rings. The second-order valence-electron chi connectivity index (χ2n) is 5.29. The molecule has 0 bridgehead atoms. The summed E-state index contributed by atoms with van der Waals surface area (Å²) >= 11 is 0. The molecule has 0 aliphatic carbocycles. The highest BCUT2D eigenvalue weighted by Crippen LogP contribution is 2.30. The van der Waals surface area contributed by atoms with Gasteiger partial charge in [-0.05, 0) is 25.3 Å². The zero-order valence-corrected chi connectivity index (χ0v) is 11.5. The van der Waals surface area contributed by atoms with Crippen molar-refractivity contribution in [3.05, 3.63) is 35.9 Å². The third-order valence-electron chi connectivity index (χ3n) is 3.62. The van der Waals surface area contributed by atoms with Crippen LogP contribution in [0.1, 0.15) is 37.8 Å². The maximum absolute atomic E-state index is 12.7. The molecule has 2 nitrogen and oxygen atoms in total. The van der Waals surface area contributed by atoms with Crippen LogP contribution in [0, 0.1) is 0 Å². The molecule has 2 rings (SSSR count). The molecule has 1 N–H and O–H groups in total. The molecule has 0 amide bonds. The van der Waals surface area contributed by atoms with Gasteiger partial charge in [0.15, 0.2) is 0 Å². The molecule has 0 spiro atoms. The molecule has 0 radical (unpaired) electrons. The van der Waals surface area contributed by atoms with Crippen LogP contribution < -0.4 is 5.32 Å². The normalized spacial score (nSPS) is 22.7. The Morgan fingerprint density at radius 1 is 1.30 bits per heavy atom. The van der Waals surface area contributed by atoms with Crippen LogP contribution in [0.3, 0.4) is 0 Å². The van der Waals surface area contributed by atoms with Gasteiger partial charge in [0.1, 0.15) is 0 Å². The average molecular weight is 287 g/mol.